The van der Waals surface area contributed by atoms with E-state index in [0.29, 0.717) is 15.8 Å². The first kappa shape index (κ1) is 18.8. The quantitative estimate of drug-likeness (QED) is 0.274. The van der Waals surface area contributed by atoms with Crippen molar-refractivity contribution in [2.24, 2.45) is 0 Å². The van der Waals surface area contributed by atoms with Crippen LogP contribution in [0, 0.1) is 4.64 Å². The SMILES string of the molecule is Nc1nc2nc[nH]c2c(=S)[nH]1.Nc1ncn([C@H]2C[C@H](O)[C@@H](CO)O2)c(=O)n1. The summed E-state index contributed by atoms with van der Waals surface area (Å²) in [7, 11) is 0. The maximum absolute atomic E-state index is 11.4. The minimum atomic E-state index is -0.806. The molecular formula is C13H17N9O4S. The number of hydrogen-bond donors (Lipinski definition) is 6. The van der Waals surface area contributed by atoms with Crippen LogP contribution in [0.15, 0.2) is 17.4 Å². The molecule has 3 aromatic rings. The first-order chi connectivity index (χ1) is 12.9. The standard InChI is InChI=1S/C8H12N4O4.C5H5N5S/c9-7-10-3-12(8(15)11-7)6-1-4(14)5(2-13)16-6;6-5-9-3-2(4(11)10-5)7-1-8-3/h3-6,13-14H,1-2H2,(H2,9,11,15);1H,(H4,6,7,8,9,10,11)/t4-,5+,6+;/m0./s1. The summed E-state index contributed by atoms with van der Waals surface area (Å²) in [5.41, 5.74) is 11.3. The number of nitrogen functional groups attached to an aromatic ring is 2. The van der Waals surface area contributed by atoms with E-state index in [1.165, 1.54) is 12.7 Å². The summed E-state index contributed by atoms with van der Waals surface area (Å²) in [6.07, 6.45) is 0.787. The predicted molar refractivity (Wildman–Crippen MR) is 95.8 cm³/mol. The molecule has 3 atom stereocenters. The third-order valence-electron chi connectivity index (χ3n) is 3.75. The van der Waals surface area contributed by atoms with Gasteiger partial charge in [0.1, 0.15) is 28.8 Å². The molecule has 144 valence electrons. The number of nitrogens with zero attached hydrogens (tertiary/aromatic N) is 5. The number of imidazole rings is 1. The molecule has 4 heterocycles. The highest BCUT2D eigenvalue weighted by Crippen LogP contribution is 2.26. The highest BCUT2D eigenvalue weighted by atomic mass is 32.1. The number of nitrogens with one attached hydrogen (secondary N) is 2. The van der Waals surface area contributed by atoms with Crippen molar-refractivity contribution in [3.05, 3.63) is 27.8 Å². The van der Waals surface area contributed by atoms with E-state index < -0.39 is 24.1 Å². The largest absolute Gasteiger partial charge is 0.394 e. The molecule has 1 aliphatic heterocycles. The Hall–Kier alpha value is -2.94. The monoisotopic (exact) mass is 395 g/mol. The van der Waals surface area contributed by atoms with Crippen LogP contribution in [0.1, 0.15) is 12.6 Å². The van der Waals surface area contributed by atoms with Gasteiger partial charge in [-0.3, -0.25) is 4.57 Å². The van der Waals surface area contributed by atoms with E-state index in [-0.39, 0.29) is 24.9 Å². The molecule has 0 saturated carbocycles. The molecular weight excluding hydrogens is 378 g/mol. The number of anilines is 2. The average molecular weight is 395 g/mol. The normalized spacial score (nSPS) is 21.8. The van der Waals surface area contributed by atoms with Gasteiger partial charge in [-0.05, 0) is 0 Å². The minimum absolute atomic E-state index is 0.112. The second-order valence-corrected chi connectivity index (χ2v) is 5.98. The van der Waals surface area contributed by atoms with E-state index in [9.17, 15) is 9.90 Å². The van der Waals surface area contributed by atoms with Gasteiger partial charge in [0.05, 0.1) is 19.0 Å². The van der Waals surface area contributed by atoms with Crippen molar-refractivity contribution in [1.29, 1.82) is 0 Å². The van der Waals surface area contributed by atoms with Gasteiger partial charge < -0.3 is 36.4 Å². The molecule has 4 rings (SSSR count). The molecule has 0 unspecified atom stereocenters. The first-order valence-corrected chi connectivity index (χ1v) is 8.13. The molecule has 1 saturated heterocycles. The topological polar surface area (TPSA) is 207 Å². The van der Waals surface area contributed by atoms with E-state index in [1.54, 1.807) is 0 Å². The van der Waals surface area contributed by atoms with E-state index in [4.69, 9.17) is 33.5 Å². The van der Waals surface area contributed by atoms with Gasteiger partial charge in [0.25, 0.3) is 0 Å². The van der Waals surface area contributed by atoms with Gasteiger partial charge >= 0.3 is 5.69 Å². The lowest BCUT2D eigenvalue weighted by atomic mass is 10.2. The zero-order valence-corrected chi connectivity index (χ0v) is 14.6. The van der Waals surface area contributed by atoms with Gasteiger partial charge in [0.15, 0.2) is 5.65 Å². The summed E-state index contributed by atoms with van der Waals surface area (Å²) in [5, 5.41) is 18.4. The van der Waals surface area contributed by atoms with Gasteiger partial charge in [-0.25, -0.2) is 14.8 Å². The van der Waals surface area contributed by atoms with E-state index in [1.807, 2.05) is 0 Å². The van der Waals surface area contributed by atoms with Crippen LogP contribution < -0.4 is 17.2 Å². The Kier molecular flexibility index (Phi) is 5.41. The van der Waals surface area contributed by atoms with Crippen molar-refractivity contribution < 1.29 is 14.9 Å². The zero-order chi connectivity index (χ0) is 19.6. The van der Waals surface area contributed by atoms with Gasteiger partial charge in [0.2, 0.25) is 11.9 Å². The highest BCUT2D eigenvalue weighted by Gasteiger charge is 2.35. The number of aromatic nitrogens is 7. The number of ether oxygens (including phenoxy) is 1. The molecule has 0 aliphatic carbocycles. The fourth-order valence-corrected chi connectivity index (χ4v) is 2.72. The van der Waals surface area contributed by atoms with Crippen LogP contribution in [0.2, 0.25) is 0 Å². The summed E-state index contributed by atoms with van der Waals surface area (Å²) in [6.45, 7) is -0.303. The summed E-state index contributed by atoms with van der Waals surface area (Å²) in [6, 6.07) is 0. The number of aliphatic hydroxyl groups is 2. The van der Waals surface area contributed by atoms with Crippen molar-refractivity contribution in [3.8, 4) is 0 Å². The molecule has 1 fully saturated rings. The Morgan fingerprint density at radius 1 is 1.37 bits per heavy atom. The first-order valence-electron chi connectivity index (χ1n) is 7.73. The predicted octanol–water partition coefficient (Wildman–Crippen LogP) is -1.54. The zero-order valence-electron chi connectivity index (χ0n) is 13.8. The van der Waals surface area contributed by atoms with Gasteiger partial charge in [-0.15, -0.1) is 0 Å². The second-order valence-electron chi connectivity index (χ2n) is 5.57. The summed E-state index contributed by atoms with van der Waals surface area (Å²) >= 11 is 4.95. The van der Waals surface area contributed by atoms with Crippen molar-refractivity contribution in [2.75, 3.05) is 18.1 Å². The number of aliphatic hydroxyl groups excluding tert-OH is 2. The van der Waals surface area contributed by atoms with Crippen LogP contribution in [0.25, 0.3) is 11.2 Å². The number of H-pyrrole nitrogens is 2. The molecule has 1 aliphatic rings. The van der Waals surface area contributed by atoms with Crippen LogP contribution in [0.3, 0.4) is 0 Å². The maximum Gasteiger partial charge on any atom is 0.354 e. The number of nitrogens with two attached hydrogens (primary N) is 2. The smallest absolute Gasteiger partial charge is 0.354 e. The molecule has 0 spiro atoms. The average Bonchev–Trinajstić information content (AvgIpc) is 3.21. The molecule has 3 aromatic heterocycles. The second kappa shape index (κ2) is 7.75. The minimum Gasteiger partial charge on any atom is -0.394 e. The fraction of sp³-hybridized carbons (Fsp3) is 0.385. The van der Waals surface area contributed by atoms with Crippen LogP contribution >= 0.6 is 12.2 Å². The van der Waals surface area contributed by atoms with Crippen molar-refractivity contribution in [3.63, 3.8) is 0 Å². The summed E-state index contributed by atoms with van der Waals surface area (Å²) < 4.78 is 6.94. The summed E-state index contributed by atoms with van der Waals surface area (Å²) in [5.74, 6) is 0.174. The Labute approximate surface area is 156 Å². The van der Waals surface area contributed by atoms with Crippen LogP contribution in [-0.4, -0.2) is 63.5 Å². The van der Waals surface area contributed by atoms with Crippen molar-refractivity contribution in [1.82, 2.24) is 34.5 Å². The highest BCUT2D eigenvalue weighted by molar-refractivity contribution is 7.71. The van der Waals surface area contributed by atoms with Gasteiger partial charge in [0, 0.05) is 6.42 Å². The molecule has 27 heavy (non-hydrogen) atoms. The Balaban J connectivity index is 0.000000166. The van der Waals surface area contributed by atoms with Crippen LogP contribution in [0.4, 0.5) is 11.9 Å². The summed E-state index contributed by atoms with van der Waals surface area (Å²) in [4.78, 5) is 31.9. The molecule has 0 bridgehead atoms. The molecule has 0 amide bonds. The molecule has 0 aromatic carbocycles. The molecule has 0 radical (unpaired) electrons. The number of aromatic amines is 2. The van der Waals surface area contributed by atoms with Crippen LogP contribution in [0.5, 0.6) is 0 Å². The third kappa shape index (κ3) is 4.08. The third-order valence-corrected chi connectivity index (χ3v) is 4.06. The van der Waals surface area contributed by atoms with Crippen molar-refractivity contribution in [2.45, 2.75) is 24.9 Å². The molecule has 8 N–H and O–H groups in total. The fourth-order valence-electron chi connectivity index (χ4n) is 2.46. The van der Waals surface area contributed by atoms with Gasteiger partial charge in [-0.1, -0.05) is 12.2 Å². The maximum atomic E-state index is 11.4. The van der Waals surface area contributed by atoms with E-state index in [2.05, 4.69) is 29.9 Å². The lowest BCUT2D eigenvalue weighted by molar-refractivity contribution is -0.0462. The number of fused-ring (bicyclic) bond motifs is 1. The Morgan fingerprint density at radius 2 is 2.15 bits per heavy atom. The number of hydrogen-bond acceptors (Lipinski definition) is 11. The lowest BCUT2D eigenvalue weighted by Crippen LogP contribution is -2.28. The Bertz CT molecular complexity index is 1050. The Morgan fingerprint density at radius 3 is 2.81 bits per heavy atom. The van der Waals surface area contributed by atoms with Crippen LogP contribution in [-0.2, 0) is 4.74 Å². The molecule has 13 nitrogen and oxygen atoms in total. The van der Waals surface area contributed by atoms with Crippen molar-refractivity contribution >= 4 is 35.3 Å². The molecule has 14 heteroatoms. The van der Waals surface area contributed by atoms with E-state index in [0.717, 1.165) is 4.57 Å². The number of rotatable bonds is 2. The van der Waals surface area contributed by atoms with Gasteiger partial charge in [-0.2, -0.15) is 9.97 Å². The lowest BCUT2D eigenvalue weighted by Gasteiger charge is -2.13. The van der Waals surface area contributed by atoms with E-state index >= 15 is 0 Å².